The van der Waals surface area contributed by atoms with Gasteiger partial charge in [-0.25, -0.2) is 13.0 Å². The minimum Gasteiger partial charge on any atom is -0.481 e. The summed E-state index contributed by atoms with van der Waals surface area (Å²) in [4.78, 5) is 10.7. The molecule has 8 heteroatoms. The topological polar surface area (TPSA) is 110 Å². The summed E-state index contributed by atoms with van der Waals surface area (Å²) < 4.78 is 28.8. The number of hydrogen-bond acceptors (Lipinski definition) is 6. The molecule has 0 radical (unpaired) electrons. The summed E-state index contributed by atoms with van der Waals surface area (Å²) in [5.41, 5.74) is 1.23. The summed E-state index contributed by atoms with van der Waals surface area (Å²) in [7, 11) is -3.56. The number of sulfone groups is 1. The summed E-state index contributed by atoms with van der Waals surface area (Å²) >= 11 is 0. The van der Waals surface area contributed by atoms with Crippen molar-refractivity contribution >= 4 is 15.8 Å². The fourth-order valence-corrected chi connectivity index (χ4v) is 2.97. The number of hydrogen-bond donors (Lipinski definition) is 1. The third-order valence-electron chi connectivity index (χ3n) is 2.71. The maximum absolute atomic E-state index is 12.2. The van der Waals surface area contributed by atoms with Gasteiger partial charge in [0.15, 0.2) is 9.84 Å². The molecule has 1 N–H and O–H groups in total. The Balaban J connectivity index is 2.22. The van der Waals surface area contributed by atoms with Gasteiger partial charge in [-0.2, -0.15) is 0 Å². The second-order valence-corrected chi connectivity index (χ2v) is 6.26. The van der Waals surface area contributed by atoms with Crippen molar-refractivity contribution in [1.82, 2.24) is 10.3 Å². The van der Waals surface area contributed by atoms with Crippen LogP contribution in [0.5, 0.6) is 0 Å². The van der Waals surface area contributed by atoms with Crippen LogP contribution in [0.2, 0.25) is 0 Å². The highest BCUT2D eigenvalue weighted by molar-refractivity contribution is 7.90. The number of carboxylic acid groups (broad SMARTS) is 1. The SMILES string of the molecule is Cc1nonc1CS(=O)(=O)c1ccc(CC(=O)O)cc1. The van der Waals surface area contributed by atoms with Gasteiger partial charge in [0.1, 0.15) is 17.1 Å². The molecule has 0 aliphatic rings. The van der Waals surface area contributed by atoms with Gasteiger partial charge in [-0.1, -0.05) is 22.4 Å². The van der Waals surface area contributed by atoms with Crippen LogP contribution in [0, 0.1) is 6.92 Å². The molecule has 0 atom stereocenters. The van der Waals surface area contributed by atoms with Crippen molar-refractivity contribution in [2.45, 2.75) is 24.0 Å². The van der Waals surface area contributed by atoms with E-state index in [1.54, 1.807) is 6.92 Å². The summed E-state index contributed by atoms with van der Waals surface area (Å²) in [6.45, 7) is 1.61. The molecule has 1 heterocycles. The molecule has 1 aromatic heterocycles. The Labute approximate surface area is 115 Å². The zero-order chi connectivity index (χ0) is 14.8. The molecule has 0 saturated carbocycles. The average Bonchev–Trinajstić information content (AvgIpc) is 2.74. The molecular formula is C12H12N2O5S. The van der Waals surface area contributed by atoms with Crippen molar-refractivity contribution < 1.29 is 22.9 Å². The predicted molar refractivity (Wildman–Crippen MR) is 67.7 cm³/mol. The summed E-state index contributed by atoms with van der Waals surface area (Å²) in [6, 6.07) is 5.73. The smallest absolute Gasteiger partial charge is 0.307 e. The Morgan fingerprint density at radius 2 is 1.90 bits per heavy atom. The van der Waals surface area contributed by atoms with Crippen LogP contribution in [-0.2, 0) is 26.8 Å². The highest BCUT2D eigenvalue weighted by atomic mass is 32.2. The van der Waals surface area contributed by atoms with E-state index in [-0.39, 0.29) is 22.8 Å². The zero-order valence-electron chi connectivity index (χ0n) is 10.6. The molecule has 0 spiro atoms. The Kier molecular flexibility index (Phi) is 3.84. The van der Waals surface area contributed by atoms with E-state index in [1.165, 1.54) is 24.3 Å². The van der Waals surface area contributed by atoms with Gasteiger partial charge in [0, 0.05) is 0 Å². The van der Waals surface area contributed by atoms with E-state index in [9.17, 15) is 13.2 Å². The van der Waals surface area contributed by atoms with Crippen LogP contribution in [0.3, 0.4) is 0 Å². The minimum atomic E-state index is -3.56. The van der Waals surface area contributed by atoms with Crippen molar-refractivity contribution in [1.29, 1.82) is 0 Å². The van der Waals surface area contributed by atoms with E-state index in [1.807, 2.05) is 0 Å². The largest absolute Gasteiger partial charge is 0.481 e. The molecule has 0 fully saturated rings. The Hall–Kier alpha value is -2.22. The van der Waals surface area contributed by atoms with Gasteiger partial charge < -0.3 is 5.11 Å². The molecule has 0 aliphatic carbocycles. The molecule has 106 valence electrons. The summed E-state index contributed by atoms with van der Waals surface area (Å²) in [6.07, 6.45) is -0.146. The van der Waals surface area contributed by atoms with Crippen LogP contribution in [-0.4, -0.2) is 29.8 Å². The standard InChI is InChI=1S/C12H12N2O5S/c1-8-11(14-19-13-8)7-20(17,18)10-4-2-9(3-5-10)6-12(15)16/h2-5H,6-7H2,1H3,(H,15,16). The number of benzene rings is 1. The minimum absolute atomic E-state index is 0.106. The highest BCUT2D eigenvalue weighted by Gasteiger charge is 2.19. The molecule has 2 rings (SSSR count). The molecule has 20 heavy (non-hydrogen) atoms. The van der Waals surface area contributed by atoms with E-state index in [2.05, 4.69) is 14.9 Å². The predicted octanol–water partition coefficient (Wildman–Crippen LogP) is 0.979. The van der Waals surface area contributed by atoms with Crippen LogP contribution < -0.4 is 0 Å². The molecule has 0 aliphatic heterocycles. The first-order chi connectivity index (χ1) is 9.38. The van der Waals surface area contributed by atoms with Crippen molar-refractivity contribution in [2.24, 2.45) is 0 Å². The normalized spacial score (nSPS) is 11.4. The number of carbonyl (C=O) groups is 1. The molecular weight excluding hydrogens is 284 g/mol. The van der Waals surface area contributed by atoms with Gasteiger partial charge in [0.05, 0.1) is 11.3 Å². The van der Waals surface area contributed by atoms with Gasteiger partial charge in [0.25, 0.3) is 0 Å². The first kappa shape index (κ1) is 14.2. The first-order valence-electron chi connectivity index (χ1n) is 5.70. The number of aliphatic carboxylic acids is 1. The molecule has 2 aromatic rings. The van der Waals surface area contributed by atoms with Crippen LogP contribution in [0.25, 0.3) is 0 Å². The lowest BCUT2D eigenvalue weighted by Gasteiger charge is -2.03. The fourth-order valence-electron chi connectivity index (χ4n) is 1.63. The van der Waals surface area contributed by atoms with Gasteiger partial charge >= 0.3 is 5.97 Å². The van der Waals surface area contributed by atoms with E-state index >= 15 is 0 Å². The van der Waals surface area contributed by atoms with Gasteiger partial charge in [-0.05, 0) is 24.6 Å². The maximum Gasteiger partial charge on any atom is 0.307 e. The Morgan fingerprint density at radius 3 is 2.40 bits per heavy atom. The zero-order valence-corrected chi connectivity index (χ0v) is 11.4. The second kappa shape index (κ2) is 5.41. The third-order valence-corrected chi connectivity index (χ3v) is 4.35. The number of nitrogens with zero attached hydrogens (tertiary/aromatic N) is 2. The van der Waals surface area contributed by atoms with Gasteiger partial charge in [-0.15, -0.1) is 0 Å². The highest BCUT2D eigenvalue weighted by Crippen LogP contribution is 2.17. The van der Waals surface area contributed by atoms with E-state index in [4.69, 9.17) is 5.11 Å². The second-order valence-electron chi connectivity index (χ2n) is 4.27. The lowest BCUT2D eigenvalue weighted by atomic mass is 10.2. The lowest BCUT2D eigenvalue weighted by molar-refractivity contribution is -0.136. The van der Waals surface area contributed by atoms with Crippen LogP contribution in [0.15, 0.2) is 33.8 Å². The summed E-state index contributed by atoms with van der Waals surface area (Å²) in [5, 5.41) is 15.7. The van der Waals surface area contributed by atoms with E-state index in [0.717, 1.165) is 0 Å². The summed E-state index contributed by atoms with van der Waals surface area (Å²) in [5.74, 6) is -1.27. The fraction of sp³-hybridized carbons (Fsp3) is 0.250. The van der Waals surface area contributed by atoms with Gasteiger partial charge in [-0.3, -0.25) is 4.79 Å². The molecule has 0 bridgehead atoms. The Bertz CT molecular complexity index is 719. The van der Waals surface area contributed by atoms with Gasteiger partial charge in [0.2, 0.25) is 0 Å². The molecule has 1 aromatic carbocycles. The molecule has 0 saturated heterocycles. The maximum atomic E-state index is 12.2. The third kappa shape index (κ3) is 3.21. The lowest BCUT2D eigenvalue weighted by Crippen LogP contribution is -2.07. The molecule has 7 nitrogen and oxygen atoms in total. The van der Waals surface area contributed by atoms with Crippen molar-refractivity contribution in [3.05, 3.63) is 41.2 Å². The van der Waals surface area contributed by atoms with Crippen molar-refractivity contribution in [2.75, 3.05) is 0 Å². The number of carboxylic acids is 1. The van der Waals surface area contributed by atoms with Crippen molar-refractivity contribution in [3.8, 4) is 0 Å². The Morgan fingerprint density at radius 1 is 1.25 bits per heavy atom. The van der Waals surface area contributed by atoms with Crippen LogP contribution in [0.1, 0.15) is 17.0 Å². The van der Waals surface area contributed by atoms with Crippen LogP contribution in [0.4, 0.5) is 0 Å². The van der Waals surface area contributed by atoms with E-state index < -0.39 is 15.8 Å². The number of aryl methyl sites for hydroxylation is 1. The van der Waals surface area contributed by atoms with Crippen LogP contribution >= 0.6 is 0 Å². The molecule has 0 unspecified atom stereocenters. The quantitative estimate of drug-likeness (QED) is 0.875. The monoisotopic (exact) mass is 296 g/mol. The first-order valence-corrected chi connectivity index (χ1v) is 7.35. The van der Waals surface area contributed by atoms with Crippen molar-refractivity contribution in [3.63, 3.8) is 0 Å². The van der Waals surface area contributed by atoms with E-state index in [0.29, 0.717) is 11.3 Å². The number of rotatable bonds is 5. The molecule has 0 amide bonds. The number of aromatic nitrogens is 2. The average molecular weight is 296 g/mol.